The van der Waals surface area contributed by atoms with E-state index in [9.17, 15) is 0 Å². The topological polar surface area (TPSA) is 56.5 Å². The van der Waals surface area contributed by atoms with E-state index < -0.39 is 0 Å². The number of fused-ring (bicyclic) bond motifs is 1. The summed E-state index contributed by atoms with van der Waals surface area (Å²) in [7, 11) is 0. The molecule has 0 spiro atoms. The molecule has 12 heavy (non-hydrogen) atoms. The summed E-state index contributed by atoms with van der Waals surface area (Å²) in [5.74, 6) is 0.726. The van der Waals surface area contributed by atoms with Crippen molar-refractivity contribution in [3.63, 3.8) is 0 Å². The van der Waals surface area contributed by atoms with Crippen LogP contribution in [0.5, 0.6) is 0 Å². The van der Waals surface area contributed by atoms with Crippen molar-refractivity contribution in [1.29, 1.82) is 0 Å². The third-order valence-corrected chi connectivity index (χ3v) is 2.76. The lowest BCUT2D eigenvalue weighted by molar-refractivity contribution is 0.933. The first-order valence-electron chi connectivity index (χ1n) is 3.10. The lowest BCUT2D eigenvalue weighted by Gasteiger charge is -1.94. The van der Waals surface area contributed by atoms with Crippen LogP contribution < -0.4 is 0 Å². The first-order chi connectivity index (χ1) is 5.68. The van der Waals surface area contributed by atoms with Gasteiger partial charge in [-0.25, -0.2) is 9.97 Å². The lowest BCUT2D eigenvalue weighted by atomic mass is 10.5. The number of hydrogen-bond acceptors (Lipinski definition) is 4. The average molecular weight is 387 g/mol. The van der Waals surface area contributed by atoms with Gasteiger partial charge >= 0.3 is 0 Å². The lowest BCUT2D eigenvalue weighted by Crippen LogP contribution is -1.93. The minimum absolute atomic E-state index is 0.654. The van der Waals surface area contributed by atoms with Crippen LogP contribution in [-0.4, -0.2) is 23.2 Å². The highest BCUT2D eigenvalue weighted by Gasteiger charge is 2.09. The minimum Gasteiger partial charge on any atom is -0.225 e. The molecule has 0 aliphatic heterocycles. The molecule has 0 bridgehead atoms. The van der Waals surface area contributed by atoms with E-state index in [0.29, 0.717) is 5.65 Å². The maximum absolute atomic E-state index is 4.20. The van der Waals surface area contributed by atoms with E-state index in [-0.39, 0.29) is 0 Å². The Balaban J connectivity index is 2.93. The molecule has 7 heteroatoms. The monoisotopic (exact) mass is 387 g/mol. The van der Waals surface area contributed by atoms with Crippen LogP contribution in [0.2, 0.25) is 0 Å². The van der Waals surface area contributed by atoms with E-state index in [1.807, 2.05) is 29.8 Å². The van der Waals surface area contributed by atoms with Crippen LogP contribution in [0.3, 0.4) is 0 Å². The number of hydrogen-bond donors (Lipinski definition) is 0. The zero-order chi connectivity index (χ0) is 8.72. The molecule has 0 radical (unpaired) electrons. The minimum atomic E-state index is 0.654. The van der Waals surface area contributed by atoms with Crippen LogP contribution in [0.1, 0.15) is 5.82 Å². The Bertz CT molecular complexity index is 437. The molecular formula is C5H3I2N5. The predicted octanol–water partition coefficient (Wildman–Crippen LogP) is 1.33. The molecule has 0 aromatic carbocycles. The van der Waals surface area contributed by atoms with Gasteiger partial charge in [-0.2, -0.15) is 2.90 Å². The number of nitrogens with zero attached hydrogens (tertiary/aromatic N) is 5. The fourth-order valence-electron chi connectivity index (χ4n) is 0.873. The number of rotatable bonds is 0. The molecule has 0 unspecified atom stereocenters. The van der Waals surface area contributed by atoms with Gasteiger partial charge < -0.3 is 0 Å². The molecule has 62 valence electrons. The molecule has 2 aromatic rings. The van der Waals surface area contributed by atoms with Gasteiger partial charge in [0.1, 0.15) is 9.53 Å². The van der Waals surface area contributed by atoms with Gasteiger partial charge in [0.15, 0.2) is 5.52 Å². The largest absolute Gasteiger partial charge is 0.225 e. The van der Waals surface area contributed by atoms with Gasteiger partial charge in [0.25, 0.3) is 0 Å². The molecule has 0 amide bonds. The standard InChI is InChI=1S/C5H3I2N5/c1-2-8-4(6)3-5(9-2)10-11-12(3)7/h1H3. The second-order valence-electron chi connectivity index (χ2n) is 2.18. The van der Waals surface area contributed by atoms with Gasteiger partial charge in [0.2, 0.25) is 5.65 Å². The Morgan fingerprint density at radius 3 is 2.83 bits per heavy atom. The van der Waals surface area contributed by atoms with Crippen molar-refractivity contribution >= 4 is 56.6 Å². The van der Waals surface area contributed by atoms with Crippen molar-refractivity contribution in [1.82, 2.24) is 23.2 Å². The molecule has 0 saturated heterocycles. The highest BCUT2D eigenvalue weighted by molar-refractivity contribution is 14.1. The van der Waals surface area contributed by atoms with E-state index >= 15 is 0 Å². The smallest absolute Gasteiger partial charge is 0.207 e. The van der Waals surface area contributed by atoms with Gasteiger partial charge in [0, 0.05) is 0 Å². The van der Waals surface area contributed by atoms with Gasteiger partial charge in [-0.05, 0) is 29.5 Å². The summed E-state index contributed by atoms with van der Waals surface area (Å²) in [5.41, 5.74) is 1.53. The molecule has 5 nitrogen and oxygen atoms in total. The highest BCUT2D eigenvalue weighted by Crippen LogP contribution is 2.16. The van der Waals surface area contributed by atoms with Crippen LogP contribution in [0.4, 0.5) is 0 Å². The van der Waals surface area contributed by atoms with Crippen molar-refractivity contribution in [3.8, 4) is 0 Å². The fraction of sp³-hybridized carbons (Fsp3) is 0.200. The van der Waals surface area contributed by atoms with E-state index in [1.165, 1.54) is 0 Å². The van der Waals surface area contributed by atoms with Crippen LogP contribution in [0.25, 0.3) is 11.2 Å². The van der Waals surface area contributed by atoms with E-state index in [0.717, 1.165) is 15.0 Å². The van der Waals surface area contributed by atoms with Crippen LogP contribution in [-0.2, 0) is 0 Å². The number of aryl methyl sites for hydroxylation is 1. The van der Waals surface area contributed by atoms with Crippen LogP contribution >= 0.6 is 45.5 Å². The molecule has 0 fully saturated rings. The summed E-state index contributed by atoms with van der Waals surface area (Å²) in [6.45, 7) is 1.84. The summed E-state index contributed by atoms with van der Waals surface area (Å²) in [4.78, 5) is 8.35. The quantitative estimate of drug-likeness (QED) is 0.506. The number of halogens is 2. The number of aromatic nitrogens is 5. The van der Waals surface area contributed by atoms with Gasteiger partial charge in [-0.1, -0.05) is 5.21 Å². The van der Waals surface area contributed by atoms with Crippen molar-refractivity contribution in [2.75, 3.05) is 0 Å². The molecule has 0 aliphatic carbocycles. The SMILES string of the molecule is Cc1nc(I)c2c(nnn2I)n1. The first-order valence-corrected chi connectivity index (χ1v) is 5.14. The molecule has 2 heterocycles. The molecule has 2 rings (SSSR count). The Morgan fingerprint density at radius 2 is 2.08 bits per heavy atom. The summed E-state index contributed by atoms with van der Waals surface area (Å²) >= 11 is 4.20. The Hall–Kier alpha value is -0.0600. The second-order valence-corrected chi connectivity index (χ2v) is 4.12. The Labute approximate surface area is 95.6 Å². The molecular weight excluding hydrogens is 384 g/mol. The van der Waals surface area contributed by atoms with Gasteiger partial charge in [0.05, 0.1) is 22.9 Å². The third kappa shape index (κ3) is 1.28. The Kier molecular flexibility index (Phi) is 2.14. The molecule has 0 N–H and O–H groups in total. The van der Waals surface area contributed by atoms with Crippen molar-refractivity contribution in [2.45, 2.75) is 6.92 Å². The fourth-order valence-corrected chi connectivity index (χ4v) is 2.69. The highest BCUT2D eigenvalue weighted by atomic mass is 127. The van der Waals surface area contributed by atoms with Gasteiger partial charge in [-0.15, -0.1) is 5.10 Å². The van der Waals surface area contributed by atoms with Gasteiger partial charge in [-0.3, -0.25) is 0 Å². The second kappa shape index (κ2) is 3.01. The van der Waals surface area contributed by atoms with Crippen LogP contribution in [0.15, 0.2) is 0 Å². The maximum Gasteiger partial charge on any atom is 0.207 e. The molecule has 0 atom stereocenters. The summed E-state index contributed by atoms with van der Waals surface area (Å²) in [5, 5.41) is 7.73. The first kappa shape index (κ1) is 8.53. The zero-order valence-electron chi connectivity index (χ0n) is 5.99. The van der Waals surface area contributed by atoms with Crippen LogP contribution in [0, 0.1) is 10.6 Å². The van der Waals surface area contributed by atoms with E-state index in [4.69, 9.17) is 0 Å². The van der Waals surface area contributed by atoms with E-state index in [2.05, 4.69) is 42.9 Å². The Morgan fingerprint density at radius 1 is 1.33 bits per heavy atom. The summed E-state index contributed by atoms with van der Waals surface area (Å²) in [6, 6.07) is 0. The summed E-state index contributed by atoms with van der Waals surface area (Å²) in [6.07, 6.45) is 0. The van der Waals surface area contributed by atoms with Crippen molar-refractivity contribution in [2.24, 2.45) is 0 Å². The van der Waals surface area contributed by atoms with Crippen molar-refractivity contribution in [3.05, 3.63) is 9.53 Å². The average Bonchev–Trinajstić information content (AvgIpc) is 2.31. The summed E-state index contributed by atoms with van der Waals surface area (Å²) < 4.78 is 2.53. The van der Waals surface area contributed by atoms with Crippen molar-refractivity contribution < 1.29 is 0 Å². The van der Waals surface area contributed by atoms with E-state index in [1.54, 1.807) is 2.90 Å². The maximum atomic E-state index is 4.20. The predicted molar refractivity (Wildman–Crippen MR) is 60.0 cm³/mol. The molecule has 0 aliphatic rings. The molecule has 0 saturated carbocycles. The third-order valence-electron chi connectivity index (χ3n) is 1.34. The zero-order valence-corrected chi connectivity index (χ0v) is 10.3. The molecule has 2 aromatic heterocycles. The normalized spacial score (nSPS) is 10.9.